The first-order chi connectivity index (χ1) is 11.1. The first-order valence-electron chi connectivity index (χ1n) is 7.58. The second kappa shape index (κ2) is 8.11. The Morgan fingerprint density at radius 2 is 1.96 bits per heavy atom. The molecule has 0 saturated heterocycles. The Balaban J connectivity index is 2.24. The Morgan fingerprint density at radius 1 is 1.22 bits per heavy atom. The molecule has 1 atom stereocenters. The predicted octanol–water partition coefficient (Wildman–Crippen LogP) is 2.83. The van der Waals surface area contributed by atoms with Crippen LogP contribution in [0.1, 0.15) is 28.4 Å². The lowest BCUT2D eigenvalue weighted by atomic mass is 10.1. The van der Waals surface area contributed by atoms with Crippen LogP contribution in [0.4, 0.5) is 0 Å². The molecule has 0 aliphatic rings. The number of nitriles is 1. The van der Waals surface area contributed by atoms with Gasteiger partial charge in [0.2, 0.25) is 0 Å². The fourth-order valence-electron chi connectivity index (χ4n) is 2.36. The highest BCUT2D eigenvalue weighted by atomic mass is 16.3. The fraction of sp³-hybridized carbons (Fsp3) is 0.263. The number of aliphatic hydroxyl groups is 1. The summed E-state index contributed by atoms with van der Waals surface area (Å²) in [5.41, 5.74) is 1.98. The van der Waals surface area contributed by atoms with Crippen molar-refractivity contribution < 1.29 is 9.90 Å². The third kappa shape index (κ3) is 4.67. The van der Waals surface area contributed by atoms with E-state index in [0.29, 0.717) is 24.2 Å². The molecular formula is C19H20N2O2. The highest BCUT2D eigenvalue weighted by Crippen LogP contribution is 2.13. The van der Waals surface area contributed by atoms with Crippen molar-refractivity contribution in [3.63, 3.8) is 0 Å². The summed E-state index contributed by atoms with van der Waals surface area (Å²) in [5, 5.41) is 18.3. The predicted molar refractivity (Wildman–Crippen MR) is 88.6 cm³/mol. The fourth-order valence-corrected chi connectivity index (χ4v) is 2.36. The highest BCUT2D eigenvalue weighted by molar-refractivity contribution is 5.94. The van der Waals surface area contributed by atoms with Crippen molar-refractivity contribution in [2.45, 2.75) is 13.5 Å². The van der Waals surface area contributed by atoms with E-state index >= 15 is 0 Å². The number of amides is 1. The zero-order valence-electron chi connectivity index (χ0n) is 13.1. The first kappa shape index (κ1) is 16.7. The Bertz CT molecular complexity index is 692. The maximum absolute atomic E-state index is 12.8. The van der Waals surface area contributed by atoms with Gasteiger partial charge in [-0.05, 0) is 29.7 Å². The van der Waals surface area contributed by atoms with Crippen molar-refractivity contribution in [2.75, 3.05) is 13.2 Å². The molecule has 0 spiro atoms. The van der Waals surface area contributed by atoms with Crippen molar-refractivity contribution in [1.29, 1.82) is 5.26 Å². The third-order valence-corrected chi connectivity index (χ3v) is 3.59. The second-order valence-corrected chi connectivity index (χ2v) is 5.65. The molecule has 0 fully saturated rings. The molecule has 0 unspecified atom stereocenters. The van der Waals surface area contributed by atoms with Crippen LogP contribution < -0.4 is 0 Å². The van der Waals surface area contributed by atoms with Crippen LogP contribution in [0, 0.1) is 17.2 Å². The number of hydrogen-bond donors (Lipinski definition) is 1. The van der Waals surface area contributed by atoms with E-state index in [4.69, 9.17) is 5.26 Å². The van der Waals surface area contributed by atoms with Gasteiger partial charge in [-0.2, -0.15) is 5.26 Å². The zero-order chi connectivity index (χ0) is 16.7. The van der Waals surface area contributed by atoms with Crippen LogP contribution >= 0.6 is 0 Å². The van der Waals surface area contributed by atoms with E-state index in [-0.39, 0.29) is 18.4 Å². The van der Waals surface area contributed by atoms with Gasteiger partial charge in [0, 0.05) is 25.3 Å². The minimum atomic E-state index is -0.133. The average Bonchev–Trinajstić information content (AvgIpc) is 2.61. The van der Waals surface area contributed by atoms with Crippen LogP contribution in [0.15, 0.2) is 54.6 Å². The standard InChI is InChI=1S/C19H20N2O2/c1-15(14-22)12-21(13-16-6-3-2-4-7-16)19(23)18-9-5-8-17(10-18)11-20/h2-10,15,22H,12-14H2,1H3/t15-/m1/s1. The third-order valence-electron chi connectivity index (χ3n) is 3.59. The first-order valence-corrected chi connectivity index (χ1v) is 7.58. The lowest BCUT2D eigenvalue weighted by Crippen LogP contribution is -2.35. The molecule has 0 saturated carbocycles. The monoisotopic (exact) mass is 308 g/mol. The number of benzene rings is 2. The van der Waals surface area contributed by atoms with E-state index in [1.165, 1.54) is 0 Å². The molecule has 23 heavy (non-hydrogen) atoms. The van der Waals surface area contributed by atoms with Crippen LogP contribution in [-0.2, 0) is 6.54 Å². The van der Waals surface area contributed by atoms with E-state index in [1.54, 1.807) is 29.2 Å². The van der Waals surface area contributed by atoms with Gasteiger partial charge in [-0.3, -0.25) is 4.79 Å². The molecule has 0 bridgehead atoms. The van der Waals surface area contributed by atoms with Gasteiger partial charge in [0.25, 0.3) is 5.91 Å². The topological polar surface area (TPSA) is 64.3 Å². The Kier molecular flexibility index (Phi) is 5.90. The van der Waals surface area contributed by atoms with E-state index in [1.807, 2.05) is 37.3 Å². The molecular weight excluding hydrogens is 288 g/mol. The molecule has 2 aromatic rings. The van der Waals surface area contributed by atoms with Crippen LogP contribution in [0.2, 0.25) is 0 Å². The quantitative estimate of drug-likeness (QED) is 0.892. The van der Waals surface area contributed by atoms with Crippen molar-refractivity contribution in [1.82, 2.24) is 4.90 Å². The van der Waals surface area contributed by atoms with Gasteiger partial charge in [0.15, 0.2) is 0 Å². The summed E-state index contributed by atoms with van der Waals surface area (Å²) >= 11 is 0. The summed E-state index contributed by atoms with van der Waals surface area (Å²) in [4.78, 5) is 14.5. The van der Waals surface area contributed by atoms with Gasteiger partial charge < -0.3 is 10.0 Å². The summed E-state index contributed by atoms with van der Waals surface area (Å²) in [7, 11) is 0. The van der Waals surface area contributed by atoms with Crippen LogP contribution in [0.3, 0.4) is 0 Å². The average molecular weight is 308 g/mol. The number of rotatable bonds is 6. The normalized spacial score (nSPS) is 11.5. The molecule has 1 amide bonds. The van der Waals surface area contributed by atoms with Crippen LogP contribution in [-0.4, -0.2) is 29.1 Å². The summed E-state index contributed by atoms with van der Waals surface area (Å²) in [6.45, 7) is 2.86. The molecule has 0 aliphatic heterocycles. The molecule has 0 heterocycles. The molecule has 0 aliphatic carbocycles. The smallest absolute Gasteiger partial charge is 0.254 e. The van der Waals surface area contributed by atoms with Gasteiger partial charge in [0.05, 0.1) is 11.6 Å². The van der Waals surface area contributed by atoms with Crippen molar-refractivity contribution in [3.8, 4) is 6.07 Å². The van der Waals surface area contributed by atoms with Crippen molar-refractivity contribution in [2.24, 2.45) is 5.92 Å². The largest absolute Gasteiger partial charge is 0.396 e. The van der Waals surface area contributed by atoms with Gasteiger partial charge in [-0.25, -0.2) is 0 Å². The van der Waals surface area contributed by atoms with Crippen molar-refractivity contribution in [3.05, 3.63) is 71.3 Å². The molecule has 4 heteroatoms. The number of carbonyl (C=O) groups excluding carboxylic acids is 1. The van der Waals surface area contributed by atoms with Gasteiger partial charge >= 0.3 is 0 Å². The summed E-state index contributed by atoms with van der Waals surface area (Å²) in [5.74, 6) is -0.145. The molecule has 0 radical (unpaired) electrons. The second-order valence-electron chi connectivity index (χ2n) is 5.65. The summed E-state index contributed by atoms with van der Waals surface area (Å²) < 4.78 is 0. The minimum Gasteiger partial charge on any atom is -0.396 e. The van der Waals surface area contributed by atoms with E-state index in [2.05, 4.69) is 6.07 Å². The number of carbonyl (C=O) groups is 1. The molecule has 2 rings (SSSR count). The summed E-state index contributed by atoms with van der Waals surface area (Å²) in [6.07, 6.45) is 0. The van der Waals surface area contributed by atoms with Gasteiger partial charge in [-0.1, -0.05) is 43.3 Å². The Labute approximate surface area is 136 Å². The zero-order valence-corrected chi connectivity index (χ0v) is 13.1. The molecule has 1 N–H and O–H groups in total. The Morgan fingerprint density at radius 3 is 2.61 bits per heavy atom. The van der Waals surface area contributed by atoms with Gasteiger partial charge in [-0.15, -0.1) is 0 Å². The van der Waals surface area contributed by atoms with Gasteiger partial charge in [0.1, 0.15) is 0 Å². The van der Waals surface area contributed by atoms with E-state index in [0.717, 1.165) is 5.56 Å². The number of aliphatic hydroxyl groups excluding tert-OH is 1. The molecule has 118 valence electrons. The maximum atomic E-state index is 12.8. The molecule has 4 nitrogen and oxygen atoms in total. The van der Waals surface area contributed by atoms with E-state index < -0.39 is 0 Å². The Hall–Kier alpha value is -2.64. The number of nitrogens with zero attached hydrogens (tertiary/aromatic N) is 2. The van der Waals surface area contributed by atoms with Crippen LogP contribution in [0.5, 0.6) is 0 Å². The van der Waals surface area contributed by atoms with Crippen molar-refractivity contribution >= 4 is 5.91 Å². The highest BCUT2D eigenvalue weighted by Gasteiger charge is 2.18. The van der Waals surface area contributed by atoms with E-state index in [9.17, 15) is 9.90 Å². The van der Waals surface area contributed by atoms with Crippen LogP contribution in [0.25, 0.3) is 0 Å². The molecule has 2 aromatic carbocycles. The maximum Gasteiger partial charge on any atom is 0.254 e. The lowest BCUT2D eigenvalue weighted by molar-refractivity contribution is 0.0694. The SMILES string of the molecule is C[C@@H](CO)CN(Cc1ccccc1)C(=O)c1cccc(C#N)c1. The number of hydrogen-bond acceptors (Lipinski definition) is 3. The minimum absolute atomic E-state index is 0.0122. The molecule has 0 aromatic heterocycles. The lowest BCUT2D eigenvalue weighted by Gasteiger charge is -2.25. The summed E-state index contributed by atoms with van der Waals surface area (Å²) in [6, 6.07) is 18.5.